The normalized spacial score (nSPS) is 18.6. The van der Waals surface area contributed by atoms with Crippen molar-refractivity contribution in [3.63, 3.8) is 0 Å². The molecule has 5 nitrogen and oxygen atoms in total. The molecule has 1 unspecified atom stereocenters. The Morgan fingerprint density at radius 3 is 2.75 bits per heavy atom. The Bertz CT molecular complexity index is 413. The van der Waals surface area contributed by atoms with Crippen LogP contribution in [0.5, 0.6) is 5.75 Å². The second kappa shape index (κ2) is 8.46. The van der Waals surface area contributed by atoms with E-state index in [2.05, 4.69) is 27.5 Å². The summed E-state index contributed by atoms with van der Waals surface area (Å²) in [6.07, 6.45) is 2.62. The van der Waals surface area contributed by atoms with Crippen molar-refractivity contribution < 1.29 is 4.74 Å². The molecule has 2 rings (SSSR count). The summed E-state index contributed by atoms with van der Waals surface area (Å²) < 4.78 is 5.45. The summed E-state index contributed by atoms with van der Waals surface area (Å²) in [7, 11) is 1.66. The van der Waals surface area contributed by atoms with E-state index in [1.54, 1.807) is 13.4 Å². The zero-order valence-electron chi connectivity index (χ0n) is 12.0. The van der Waals surface area contributed by atoms with Gasteiger partial charge in [0.15, 0.2) is 11.6 Å². The maximum Gasteiger partial charge on any atom is 0.204 e. The molecule has 0 aromatic carbocycles. The smallest absolute Gasteiger partial charge is 0.204 e. The molecule has 1 aliphatic heterocycles. The molecule has 112 valence electrons. The highest BCUT2D eigenvalue weighted by Crippen LogP contribution is 2.30. The maximum atomic E-state index is 5.45. The maximum absolute atomic E-state index is 5.45. The highest BCUT2D eigenvalue weighted by molar-refractivity contribution is 8.06. The number of anilines is 2. The van der Waals surface area contributed by atoms with Crippen molar-refractivity contribution in [1.82, 2.24) is 9.97 Å². The number of nitrogens with one attached hydrogen (secondary N) is 2. The van der Waals surface area contributed by atoms with Crippen LogP contribution in [0.2, 0.25) is 0 Å². The minimum absolute atomic E-state index is 0.639. The molecule has 1 aromatic rings. The molecule has 1 fully saturated rings. The summed E-state index contributed by atoms with van der Waals surface area (Å²) in [6.45, 7) is 3.91. The van der Waals surface area contributed by atoms with E-state index >= 15 is 0 Å². The van der Waals surface area contributed by atoms with Gasteiger partial charge in [0.1, 0.15) is 6.33 Å². The van der Waals surface area contributed by atoms with Crippen molar-refractivity contribution in [2.24, 2.45) is 0 Å². The van der Waals surface area contributed by atoms with Gasteiger partial charge in [0.25, 0.3) is 0 Å². The van der Waals surface area contributed by atoms with E-state index in [9.17, 15) is 0 Å². The van der Waals surface area contributed by atoms with Crippen molar-refractivity contribution in [2.75, 3.05) is 48.1 Å². The Morgan fingerprint density at radius 2 is 2.10 bits per heavy atom. The minimum atomic E-state index is 0.639. The average Bonchev–Trinajstić information content (AvgIpc) is 2.51. The fraction of sp³-hybridized carbons (Fsp3) is 0.692. The molecule has 1 aromatic heterocycles. The van der Waals surface area contributed by atoms with E-state index in [0.717, 1.165) is 31.1 Å². The van der Waals surface area contributed by atoms with Gasteiger partial charge in [-0.3, -0.25) is 0 Å². The van der Waals surface area contributed by atoms with Crippen molar-refractivity contribution in [1.29, 1.82) is 0 Å². The lowest BCUT2D eigenvalue weighted by Gasteiger charge is -2.22. The molecule has 1 atom stereocenters. The molecule has 0 amide bonds. The Kier molecular flexibility index (Phi) is 6.59. The first-order valence-corrected chi connectivity index (χ1v) is 9.11. The van der Waals surface area contributed by atoms with Gasteiger partial charge in [-0.05, 0) is 6.42 Å². The third-order valence-corrected chi connectivity index (χ3v) is 5.78. The van der Waals surface area contributed by atoms with Gasteiger partial charge in [0, 0.05) is 35.6 Å². The molecular formula is C13H22N4OS2. The topological polar surface area (TPSA) is 59.1 Å². The van der Waals surface area contributed by atoms with Gasteiger partial charge in [-0.15, -0.1) is 0 Å². The Labute approximate surface area is 129 Å². The van der Waals surface area contributed by atoms with E-state index in [1.807, 2.05) is 23.5 Å². The summed E-state index contributed by atoms with van der Waals surface area (Å²) >= 11 is 4.06. The second-order valence-corrected chi connectivity index (χ2v) is 7.04. The number of hydrogen-bond acceptors (Lipinski definition) is 7. The largest absolute Gasteiger partial charge is 0.490 e. The lowest BCUT2D eigenvalue weighted by atomic mass is 10.4. The molecule has 1 saturated heterocycles. The summed E-state index contributed by atoms with van der Waals surface area (Å²) in [5, 5.41) is 7.31. The van der Waals surface area contributed by atoms with Crippen molar-refractivity contribution in [3.8, 4) is 5.75 Å². The Hall–Kier alpha value is -0.820. The van der Waals surface area contributed by atoms with E-state index in [1.165, 1.54) is 17.3 Å². The molecule has 0 radical (unpaired) electrons. The molecule has 2 N–H and O–H groups in total. The first kappa shape index (κ1) is 15.6. The molecule has 0 bridgehead atoms. The third-order valence-electron chi connectivity index (χ3n) is 2.93. The predicted molar refractivity (Wildman–Crippen MR) is 89.4 cm³/mol. The lowest BCUT2D eigenvalue weighted by molar-refractivity contribution is 0.414. The Morgan fingerprint density at radius 1 is 1.30 bits per heavy atom. The second-order valence-electron chi connectivity index (χ2n) is 4.48. The van der Waals surface area contributed by atoms with Gasteiger partial charge in [0.05, 0.1) is 7.11 Å². The molecular weight excluding hydrogens is 292 g/mol. The summed E-state index contributed by atoms with van der Waals surface area (Å²) in [5.41, 5.74) is 0. The van der Waals surface area contributed by atoms with Crippen molar-refractivity contribution >= 4 is 35.2 Å². The van der Waals surface area contributed by atoms with Crippen molar-refractivity contribution in [3.05, 3.63) is 6.33 Å². The average molecular weight is 314 g/mol. The van der Waals surface area contributed by atoms with Gasteiger partial charge in [-0.2, -0.15) is 23.5 Å². The number of rotatable bonds is 7. The molecule has 0 aliphatic carbocycles. The van der Waals surface area contributed by atoms with E-state index < -0.39 is 0 Å². The molecule has 7 heteroatoms. The zero-order valence-corrected chi connectivity index (χ0v) is 13.6. The van der Waals surface area contributed by atoms with Gasteiger partial charge < -0.3 is 15.4 Å². The standard InChI is InChI=1S/C13H22N4OS2/c1-3-4-14-12-11(18-2)13(17-9-16-12)15-7-10-8-19-5-6-20-10/h9-10H,3-8H2,1-2H3,(H2,14,15,16,17). The number of thioether (sulfide) groups is 2. The van der Waals surface area contributed by atoms with Gasteiger partial charge in [-0.1, -0.05) is 6.92 Å². The predicted octanol–water partition coefficient (Wildman–Crippen LogP) is 2.57. The number of aromatic nitrogens is 2. The summed E-state index contributed by atoms with van der Waals surface area (Å²) in [4.78, 5) is 8.55. The third kappa shape index (κ3) is 4.34. The first-order chi connectivity index (χ1) is 9.85. The lowest BCUT2D eigenvalue weighted by Crippen LogP contribution is -2.24. The van der Waals surface area contributed by atoms with Gasteiger partial charge in [-0.25, -0.2) is 9.97 Å². The van der Waals surface area contributed by atoms with E-state index in [4.69, 9.17) is 4.74 Å². The highest BCUT2D eigenvalue weighted by Gasteiger charge is 2.16. The number of methoxy groups -OCH3 is 1. The summed E-state index contributed by atoms with van der Waals surface area (Å²) in [6, 6.07) is 0. The van der Waals surface area contributed by atoms with Gasteiger partial charge >= 0.3 is 0 Å². The molecule has 1 aliphatic rings. The van der Waals surface area contributed by atoms with Crippen LogP contribution < -0.4 is 15.4 Å². The number of ether oxygens (including phenoxy) is 1. The Balaban J connectivity index is 1.98. The van der Waals surface area contributed by atoms with Crippen LogP contribution in [0, 0.1) is 0 Å². The molecule has 0 saturated carbocycles. The van der Waals surface area contributed by atoms with Crippen molar-refractivity contribution in [2.45, 2.75) is 18.6 Å². The van der Waals surface area contributed by atoms with Crippen LogP contribution in [0.3, 0.4) is 0 Å². The van der Waals surface area contributed by atoms with Crippen LogP contribution in [-0.4, -0.2) is 52.7 Å². The minimum Gasteiger partial charge on any atom is -0.490 e. The van der Waals surface area contributed by atoms with E-state index in [0.29, 0.717) is 11.0 Å². The first-order valence-electron chi connectivity index (χ1n) is 6.91. The van der Waals surface area contributed by atoms with Gasteiger partial charge in [0.2, 0.25) is 5.75 Å². The zero-order chi connectivity index (χ0) is 14.2. The van der Waals surface area contributed by atoms with Crippen LogP contribution in [0.1, 0.15) is 13.3 Å². The number of hydrogen-bond donors (Lipinski definition) is 2. The molecule has 2 heterocycles. The van der Waals surface area contributed by atoms with Crippen LogP contribution in [-0.2, 0) is 0 Å². The quantitative estimate of drug-likeness (QED) is 0.802. The molecule has 20 heavy (non-hydrogen) atoms. The number of nitrogens with zero attached hydrogens (tertiary/aromatic N) is 2. The van der Waals surface area contributed by atoms with Crippen LogP contribution in [0.4, 0.5) is 11.6 Å². The summed E-state index contributed by atoms with van der Waals surface area (Å²) in [5.74, 6) is 5.94. The van der Waals surface area contributed by atoms with Crippen LogP contribution in [0.25, 0.3) is 0 Å². The SMILES string of the molecule is CCCNc1ncnc(NCC2CSCCS2)c1OC. The van der Waals surface area contributed by atoms with E-state index in [-0.39, 0.29) is 0 Å². The highest BCUT2D eigenvalue weighted by atomic mass is 32.2. The van der Waals surface area contributed by atoms with Crippen LogP contribution >= 0.6 is 23.5 Å². The fourth-order valence-corrected chi connectivity index (χ4v) is 4.54. The fourth-order valence-electron chi connectivity index (χ4n) is 1.93. The monoisotopic (exact) mass is 314 g/mol. The molecule has 0 spiro atoms. The van der Waals surface area contributed by atoms with Crippen LogP contribution in [0.15, 0.2) is 6.33 Å².